The third-order valence-corrected chi connectivity index (χ3v) is 3.37. The molecule has 0 bridgehead atoms. The van der Waals surface area contributed by atoms with Crippen LogP contribution >= 0.6 is 0 Å². The van der Waals surface area contributed by atoms with E-state index in [1.807, 2.05) is 62.6 Å². The Balaban J connectivity index is 2.09. The summed E-state index contributed by atoms with van der Waals surface area (Å²) in [6.45, 7) is 2.73. The molecule has 0 aliphatic rings. The van der Waals surface area contributed by atoms with Crippen LogP contribution in [0.5, 0.6) is 0 Å². The van der Waals surface area contributed by atoms with Gasteiger partial charge in [0.15, 0.2) is 5.78 Å². The predicted octanol–water partition coefficient (Wildman–Crippen LogP) is 3.35. The number of para-hydroxylation sites is 1. The lowest BCUT2D eigenvalue weighted by molar-refractivity contribution is 0.0988. The Morgan fingerprint density at radius 1 is 1.15 bits per heavy atom. The third-order valence-electron chi connectivity index (χ3n) is 3.37. The van der Waals surface area contributed by atoms with Crippen LogP contribution in [0.15, 0.2) is 48.7 Å². The summed E-state index contributed by atoms with van der Waals surface area (Å²) in [6.07, 6.45) is 3.21. The van der Waals surface area contributed by atoms with Gasteiger partial charge in [-0.05, 0) is 24.3 Å². The van der Waals surface area contributed by atoms with E-state index in [1.54, 1.807) is 0 Å². The van der Waals surface area contributed by atoms with Crippen LogP contribution in [0.3, 0.4) is 0 Å². The fourth-order valence-electron chi connectivity index (χ4n) is 2.18. The number of Topliss-reactive ketones (excluding diaryl/α,β-unsaturated/α-hetero) is 1. The van der Waals surface area contributed by atoms with E-state index in [9.17, 15) is 4.79 Å². The molecule has 3 heteroatoms. The molecule has 0 aliphatic heterocycles. The summed E-state index contributed by atoms with van der Waals surface area (Å²) < 4.78 is 0. The molecule has 20 heavy (non-hydrogen) atoms. The van der Waals surface area contributed by atoms with Gasteiger partial charge in [-0.15, -0.1) is 0 Å². The van der Waals surface area contributed by atoms with E-state index in [0.717, 1.165) is 29.9 Å². The van der Waals surface area contributed by atoms with Crippen molar-refractivity contribution in [2.45, 2.75) is 19.8 Å². The molecule has 2 rings (SSSR count). The summed E-state index contributed by atoms with van der Waals surface area (Å²) in [7, 11) is 2.02. The maximum absolute atomic E-state index is 12.0. The molecule has 0 spiro atoms. The molecule has 0 amide bonds. The van der Waals surface area contributed by atoms with E-state index in [1.165, 1.54) is 0 Å². The second-order valence-corrected chi connectivity index (χ2v) is 4.79. The van der Waals surface area contributed by atoms with Crippen LogP contribution in [0.4, 0.5) is 5.69 Å². The number of hydrogen-bond donors (Lipinski definition) is 0. The Morgan fingerprint density at radius 2 is 1.90 bits per heavy atom. The highest BCUT2D eigenvalue weighted by molar-refractivity contribution is 6.01. The average Bonchev–Trinajstić information content (AvgIpc) is 2.52. The molecule has 0 fully saturated rings. The van der Waals surface area contributed by atoms with Crippen molar-refractivity contribution in [3.05, 3.63) is 59.9 Å². The number of rotatable bonds is 6. The molecular formula is C17H20N2O. The molecule has 0 unspecified atom stereocenters. The molecule has 0 saturated heterocycles. The van der Waals surface area contributed by atoms with Crippen molar-refractivity contribution in [2.24, 2.45) is 0 Å². The van der Waals surface area contributed by atoms with Gasteiger partial charge in [-0.3, -0.25) is 9.78 Å². The van der Waals surface area contributed by atoms with E-state index in [2.05, 4.69) is 9.88 Å². The molecule has 3 nitrogen and oxygen atoms in total. The maximum atomic E-state index is 12.0. The second-order valence-electron chi connectivity index (χ2n) is 4.79. The minimum atomic E-state index is 0.185. The highest BCUT2D eigenvalue weighted by Crippen LogP contribution is 2.20. The molecule has 0 radical (unpaired) electrons. The van der Waals surface area contributed by atoms with Crippen LogP contribution in [-0.2, 0) is 6.42 Å². The number of ketones is 1. The molecule has 1 aromatic heterocycles. The van der Waals surface area contributed by atoms with Gasteiger partial charge in [-0.25, -0.2) is 0 Å². The van der Waals surface area contributed by atoms with Gasteiger partial charge >= 0.3 is 0 Å². The molecule has 0 atom stereocenters. The first-order valence-corrected chi connectivity index (χ1v) is 6.95. The molecule has 104 valence electrons. The van der Waals surface area contributed by atoms with Crippen molar-refractivity contribution in [1.82, 2.24) is 4.98 Å². The topological polar surface area (TPSA) is 33.2 Å². The van der Waals surface area contributed by atoms with Crippen LogP contribution in [0.25, 0.3) is 0 Å². The SMILES string of the molecule is CCC(=O)c1ccccc1N(C)CCc1ccccn1. The fourth-order valence-corrected chi connectivity index (χ4v) is 2.18. The molecule has 1 aromatic carbocycles. The van der Waals surface area contributed by atoms with Crippen LogP contribution in [0.2, 0.25) is 0 Å². The van der Waals surface area contributed by atoms with E-state index in [0.29, 0.717) is 6.42 Å². The summed E-state index contributed by atoms with van der Waals surface area (Å²) in [4.78, 5) is 18.4. The van der Waals surface area contributed by atoms with E-state index in [-0.39, 0.29) is 5.78 Å². The number of pyridine rings is 1. The summed E-state index contributed by atoms with van der Waals surface area (Å²) in [6, 6.07) is 13.7. The normalized spacial score (nSPS) is 10.3. The number of anilines is 1. The zero-order valence-electron chi connectivity index (χ0n) is 12.0. The lowest BCUT2D eigenvalue weighted by Gasteiger charge is -2.21. The van der Waals surface area contributed by atoms with Gasteiger partial charge in [0, 0.05) is 49.6 Å². The quantitative estimate of drug-likeness (QED) is 0.753. The Bertz CT molecular complexity index is 566. The zero-order valence-corrected chi connectivity index (χ0v) is 12.0. The van der Waals surface area contributed by atoms with Crippen molar-refractivity contribution in [2.75, 3.05) is 18.5 Å². The zero-order chi connectivity index (χ0) is 14.4. The predicted molar refractivity (Wildman–Crippen MR) is 82.3 cm³/mol. The number of hydrogen-bond acceptors (Lipinski definition) is 3. The van der Waals surface area contributed by atoms with Gasteiger partial charge < -0.3 is 4.90 Å². The van der Waals surface area contributed by atoms with Gasteiger partial charge in [-0.1, -0.05) is 25.1 Å². The first-order valence-electron chi connectivity index (χ1n) is 6.95. The van der Waals surface area contributed by atoms with Crippen molar-refractivity contribution in [3.63, 3.8) is 0 Å². The average molecular weight is 268 g/mol. The molecule has 0 N–H and O–H groups in total. The van der Waals surface area contributed by atoms with Gasteiger partial charge in [-0.2, -0.15) is 0 Å². The van der Waals surface area contributed by atoms with E-state index < -0.39 is 0 Å². The Hall–Kier alpha value is -2.16. The van der Waals surface area contributed by atoms with Crippen molar-refractivity contribution in [3.8, 4) is 0 Å². The minimum absolute atomic E-state index is 0.185. The number of aromatic nitrogens is 1. The standard InChI is InChI=1S/C17H20N2O/c1-3-17(20)15-9-4-5-10-16(15)19(2)13-11-14-8-6-7-12-18-14/h4-10,12H,3,11,13H2,1-2H3. The Kier molecular flexibility index (Phi) is 4.88. The lowest BCUT2D eigenvalue weighted by atomic mass is 10.1. The van der Waals surface area contributed by atoms with E-state index >= 15 is 0 Å². The number of nitrogens with zero attached hydrogens (tertiary/aromatic N) is 2. The van der Waals surface area contributed by atoms with E-state index in [4.69, 9.17) is 0 Å². The Morgan fingerprint density at radius 3 is 2.60 bits per heavy atom. The first kappa shape index (κ1) is 14.3. The largest absolute Gasteiger partial charge is 0.374 e. The number of benzene rings is 1. The molecular weight excluding hydrogens is 248 g/mol. The molecule has 0 aliphatic carbocycles. The maximum Gasteiger partial charge on any atom is 0.164 e. The van der Waals surface area contributed by atoms with Gasteiger partial charge in [0.1, 0.15) is 0 Å². The van der Waals surface area contributed by atoms with Crippen LogP contribution in [0.1, 0.15) is 29.4 Å². The van der Waals surface area contributed by atoms with Crippen LogP contribution < -0.4 is 4.90 Å². The fraction of sp³-hybridized carbons (Fsp3) is 0.294. The van der Waals surface area contributed by atoms with Crippen molar-refractivity contribution >= 4 is 11.5 Å². The van der Waals surface area contributed by atoms with Crippen molar-refractivity contribution in [1.29, 1.82) is 0 Å². The minimum Gasteiger partial charge on any atom is -0.374 e. The van der Waals surface area contributed by atoms with Crippen LogP contribution in [0, 0.1) is 0 Å². The smallest absolute Gasteiger partial charge is 0.164 e. The number of carbonyl (C=O) groups is 1. The molecule has 2 aromatic rings. The summed E-state index contributed by atoms with van der Waals surface area (Å²) >= 11 is 0. The highest BCUT2D eigenvalue weighted by Gasteiger charge is 2.12. The third kappa shape index (κ3) is 3.44. The summed E-state index contributed by atoms with van der Waals surface area (Å²) in [5.74, 6) is 0.185. The van der Waals surface area contributed by atoms with Crippen molar-refractivity contribution < 1.29 is 4.79 Å². The molecule has 1 heterocycles. The molecule has 0 saturated carbocycles. The second kappa shape index (κ2) is 6.85. The first-order chi connectivity index (χ1) is 9.72. The number of carbonyl (C=O) groups excluding carboxylic acids is 1. The van der Waals surface area contributed by atoms with Gasteiger partial charge in [0.25, 0.3) is 0 Å². The number of likely N-dealkylation sites (N-methyl/N-ethyl adjacent to an activating group) is 1. The Labute approximate surface area is 120 Å². The summed E-state index contributed by atoms with van der Waals surface area (Å²) in [5, 5.41) is 0. The van der Waals surface area contributed by atoms with Gasteiger partial charge in [0.05, 0.1) is 0 Å². The highest BCUT2D eigenvalue weighted by atomic mass is 16.1. The summed E-state index contributed by atoms with van der Waals surface area (Å²) in [5.41, 5.74) is 2.87. The van der Waals surface area contributed by atoms with Crippen LogP contribution in [-0.4, -0.2) is 24.4 Å². The lowest BCUT2D eigenvalue weighted by Crippen LogP contribution is -2.22. The monoisotopic (exact) mass is 268 g/mol. The van der Waals surface area contributed by atoms with Gasteiger partial charge in [0.2, 0.25) is 0 Å².